The van der Waals surface area contributed by atoms with Gasteiger partial charge in [0.05, 0.1) is 0 Å². The molecule has 2 heterocycles. The standard InChI is InChI=1S/C8H7ClN4S/c9-3-1-7-12-13-8(14-7)6-2-4-10-5-11-6/h2,4-5H,1,3H2. The fraction of sp³-hybridized carbons (Fsp3) is 0.250. The molecule has 0 saturated carbocycles. The predicted octanol–water partition coefficient (Wildman–Crippen LogP) is 1.78. The van der Waals surface area contributed by atoms with E-state index in [0.717, 1.165) is 22.1 Å². The molecular formula is C8H7ClN4S. The topological polar surface area (TPSA) is 51.6 Å². The number of aryl methyl sites for hydroxylation is 1. The molecule has 0 atom stereocenters. The summed E-state index contributed by atoms with van der Waals surface area (Å²) in [6, 6.07) is 1.81. The lowest BCUT2D eigenvalue weighted by Gasteiger charge is -1.89. The fourth-order valence-electron chi connectivity index (χ4n) is 0.956. The van der Waals surface area contributed by atoms with Gasteiger partial charge in [0.25, 0.3) is 0 Å². The summed E-state index contributed by atoms with van der Waals surface area (Å²) >= 11 is 7.12. The minimum Gasteiger partial charge on any atom is -0.245 e. The van der Waals surface area contributed by atoms with Crippen molar-refractivity contribution in [3.8, 4) is 10.7 Å². The van der Waals surface area contributed by atoms with Crippen molar-refractivity contribution in [2.75, 3.05) is 5.88 Å². The molecule has 0 aromatic carbocycles. The average molecular weight is 227 g/mol. The van der Waals surface area contributed by atoms with Crippen LogP contribution < -0.4 is 0 Å². The molecule has 0 unspecified atom stereocenters. The monoisotopic (exact) mass is 226 g/mol. The highest BCUT2D eigenvalue weighted by atomic mass is 35.5. The van der Waals surface area contributed by atoms with Crippen molar-refractivity contribution in [3.63, 3.8) is 0 Å². The Balaban J connectivity index is 2.25. The third-order valence-electron chi connectivity index (χ3n) is 1.58. The molecule has 0 aliphatic carbocycles. The first-order chi connectivity index (χ1) is 6.90. The highest BCUT2D eigenvalue weighted by Crippen LogP contribution is 2.20. The SMILES string of the molecule is ClCCc1nnc(-c2ccncn2)s1. The Labute approximate surface area is 90.0 Å². The lowest BCUT2D eigenvalue weighted by molar-refractivity contribution is 0.986. The zero-order valence-corrected chi connectivity index (χ0v) is 8.79. The number of aromatic nitrogens is 4. The Morgan fingerprint density at radius 1 is 1.36 bits per heavy atom. The summed E-state index contributed by atoms with van der Waals surface area (Å²) in [4.78, 5) is 7.92. The van der Waals surface area contributed by atoms with E-state index < -0.39 is 0 Å². The predicted molar refractivity (Wildman–Crippen MR) is 55.4 cm³/mol. The molecule has 0 bridgehead atoms. The Kier molecular flexibility index (Phi) is 3.00. The molecule has 0 aliphatic rings. The molecule has 2 rings (SSSR count). The van der Waals surface area contributed by atoms with E-state index in [-0.39, 0.29) is 0 Å². The van der Waals surface area contributed by atoms with Crippen molar-refractivity contribution in [2.45, 2.75) is 6.42 Å². The fourth-order valence-corrected chi connectivity index (χ4v) is 2.06. The summed E-state index contributed by atoms with van der Waals surface area (Å²) in [6.45, 7) is 0. The lowest BCUT2D eigenvalue weighted by atomic mass is 10.4. The maximum Gasteiger partial charge on any atom is 0.166 e. The molecule has 4 nitrogen and oxygen atoms in total. The number of alkyl halides is 1. The van der Waals surface area contributed by atoms with Gasteiger partial charge in [-0.3, -0.25) is 0 Å². The van der Waals surface area contributed by atoms with Gasteiger partial charge in [-0.1, -0.05) is 11.3 Å². The second-order valence-electron chi connectivity index (χ2n) is 2.53. The molecule has 14 heavy (non-hydrogen) atoms. The first-order valence-corrected chi connectivity index (χ1v) is 5.40. The van der Waals surface area contributed by atoms with Crippen molar-refractivity contribution in [3.05, 3.63) is 23.6 Å². The molecule has 0 radical (unpaired) electrons. The van der Waals surface area contributed by atoms with Gasteiger partial charge in [0.2, 0.25) is 0 Å². The summed E-state index contributed by atoms with van der Waals surface area (Å²) in [6.07, 6.45) is 3.94. The summed E-state index contributed by atoms with van der Waals surface area (Å²) < 4.78 is 0. The van der Waals surface area contributed by atoms with Gasteiger partial charge in [0.1, 0.15) is 17.0 Å². The van der Waals surface area contributed by atoms with Gasteiger partial charge >= 0.3 is 0 Å². The Morgan fingerprint density at radius 2 is 2.29 bits per heavy atom. The molecule has 0 saturated heterocycles. The Bertz CT molecular complexity index is 403. The maximum atomic E-state index is 5.60. The molecule has 0 aliphatic heterocycles. The first kappa shape index (κ1) is 9.48. The van der Waals surface area contributed by atoms with Crippen LogP contribution >= 0.6 is 22.9 Å². The summed E-state index contributed by atoms with van der Waals surface area (Å²) in [5.41, 5.74) is 0.804. The minimum absolute atomic E-state index is 0.568. The van der Waals surface area contributed by atoms with Gasteiger partial charge in [-0.2, -0.15) is 0 Å². The second-order valence-corrected chi connectivity index (χ2v) is 3.97. The highest BCUT2D eigenvalue weighted by molar-refractivity contribution is 7.14. The molecule has 2 aromatic heterocycles. The zero-order valence-electron chi connectivity index (χ0n) is 7.22. The maximum absolute atomic E-state index is 5.60. The molecule has 2 aromatic rings. The van der Waals surface area contributed by atoms with Gasteiger partial charge < -0.3 is 0 Å². The van der Waals surface area contributed by atoms with E-state index in [4.69, 9.17) is 11.6 Å². The number of rotatable bonds is 3. The van der Waals surface area contributed by atoms with E-state index >= 15 is 0 Å². The van der Waals surface area contributed by atoms with Crippen LogP contribution in [0.3, 0.4) is 0 Å². The van der Waals surface area contributed by atoms with E-state index in [1.54, 1.807) is 6.20 Å². The van der Waals surface area contributed by atoms with Crippen LogP contribution in [-0.2, 0) is 6.42 Å². The molecule has 0 N–H and O–H groups in total. The zero-order chi connectivity index (χ0) is 9.80. The normalized spacial score (nSPS) is 10.4. The van der Waals surface area contributed by atoms with E-state index in [9.17, 15) is 0 Å². The van der Waals surface area contributed by atoms with Gasteiger partial charge in [-0.05, 0) is 6.07 Å². The third-order valence-corrected chi connectivity index (χ3v) is 2.77. The van der Waals surface area contributed by atoms with Crippen molar-refractivity contribution in [1.82, 2.24) is 20.2 Å². The Hall–Kier alpha value is -1.07. The number of halogens is 1. The lowest BCUT2D eigenvalue weighted by Crippen LogP contribution is -1.83. The second kappa shape index (κ2) is 4.43. The molecule has 0 spiro atoms. The van der Waals surface area contributed by atoms with E-state index in [1.165, 1.54) is 17.7 Å². The van der Waals surface area contributed by atoms with Gasteiger partial charge in [-0.15, -0.1) is 21.8 Å². The van der Waals surface area contributed by atoms with Crippen LogP contribution in [0.25, 0.3) is 10.7 Å². The summed E-state index contributed by atoms with van der Waals surface area (Å²) in [7, 11) is 0. The van der Waals surface area contributed by atoms with Crippen molar-refractivity contribution < 1.29 is 0 Å². The highest BCUT2D eigenvalue weighted by Gasteiger charge is 2.06. The van der Waals surface area contributed by atoms with Crippen molar-refractivity contribution in [2.24, 2.45) is 0 Å². The molecule has 0 fully saturated rings. The number of hydrogen-bond acceptors (Lipinski definition) is 5. The van der Waals surface area contributed by atoms with Crippen LogP contribution in [-0.4, -0.2) is 26.0 Å². The van der Waals surface area contributed by atoms with Crippen molar-refractivity contribution in [1.29, 1.82) is 0 Å². The minimum atomic E-state index is 0.568. The van der Waals surface area contributed by atoms with Crippen LogP contribution in [0.1, 0.15) is 5.01 Å². The Morgan fingerprint density at radius 3 is 3.00 bits per heavy atom. The summed E-state index contributed by atoms with van der Waals surface area (Å²) in [5, 5.41) is 9.78. The summed E-state index contributed by atoms with van der Waals surface area (Å²) in [5.74, 6) is 0.568. The van der Waals surface area contributed by atoms with Crippen molar-refractivity contribution >= 4 is 22.9 Å². The van der Waals surface area contributed by atoms with Gasteiger partial charge in [0.15, 0.2) is 5.01 Å². The number of hydrogen-bond donors (Lipinski definition) is 0. The van der Waals surface area contributed by atoms with Crippen LogP contribution in [0, 0.1) is 0 Å². The number of nitrogens with zero attached hydrogens (tertiary/aromatic N) is 4. The quantitative estimate of drug-likeness (QED) is 0.749. The smallest absolute Gasteiger partial charge is 0.166 e. The van der Waals surface area contributed by atoms with Crippen LogP contribution in [0.15, 0.2) is 18.6 Å². The van der Waals surface area contributed by atoms with Crippen LogP contribution in [0.2, 0.25) is 0 Å². The van der Waals surface area contributed by atoms with E-state index in [2.05, 4.69) is 20.2 Å². The van der Waals surface area contributed by atoms with Crippen LogP contribution in [0.5, 0.6) is 0 Å². The molecule has 72 valence electrons. The average Bonchev–Trinajstić information content (AvgIpc) is 2.68. The molecular weight excluding hydrogens is 220 g/mol. The molecule has 0 amide bonds. The largest absolute Gasteiger partial charge is 0.245 e. The van der Waals surface area contributed by atoms with E-state index in [0.29, 0.717) is 5.88 Å². The van der Waals surface area contributed by atoms with Crippen LogP contribution in [0.4, 0.5) is 0 Å². The first-order valence-electron chi connectivity index (χ1n) is 4.05. The van der Waals surface area contributed by atoms with E-state index in [1.807, 2.05) is 6.07 Å². The molecule has 6 heteroatoms. The van der Waals surface area contributed by atoms with Gasteiger partial charge in [-0.25, -0.2) is 9.97 Å². The van der Waals surface area contributed by atoms with Gasteiger partial charge in [0, 0.05) is 18.5 Å². The third kappa shape index (κ3) is 2.05.